The maximum atomic E-state index is 13.2. The third-order valence-electron chi connectivity index (χ3n) is 7.81. The maximum absolute atomic E-state index is 13.2. The number of carbonyl (C=O) groups excluding carboxylic acids is 1. The number of nitrogens with one attached hydrogen (secondary N) is 1. The number of ether oxygens (including phenoxy) is 1. The molecule has 6 nitrogen and oxygen atoms in total. The fourth-order valence-corrected chi connectivity index (χ4v) is 5.68. The summed E-state index contributed by atoms with van der Waals surface area (Å²) in [7, 11) is 0. The summed E-state index contributed by atoms with van der Waals surface area (Å²) in [4.78, 5) is 17.8. The summed E-state index contributed by atoms with van der Waals surface area (Å²) in [5.41, 5.74) is 4.84. The van der Waals surface area contributed by atoms with Crippen LogP contribution in [-0.2, 0) is 16.1 Å². The number of aryl methyl sites for hydroxylation is 1. The van der Waals surface area contributed by atoms with Crippen LogP contribution >= 0.6 is 0 Å². The van der Waals surface area contributed by atoms with E-state index in [1.54, 1.807) is 0 Å². The van der Waals surface area contributed by atoms with Gasteiger partial charge in [-0.15, -0.1) is 0 Å². The molecular weight excluding hydrogens is 400 g/mol. The van der Waals surface area contributed by atoms with Crippen LogP contribution in [0.2, 0.25) is 0 Å². The van der Waals surface area contributed by atoms with Crippen molar-refractivity contribution in [3.8, 4) is 11.3 Å². The molecule has 5 rings (SSSR count). The predicted molar refractivity (Wildman–Crippen MR) is 125 cm³/mol. The molecule has 1 spiro atoms. The van der Waals surface area contributed by atoms with E-state index in [9.17, 15) is 4.79 Å². The highest BCUT2D eigenvalue weighted by Gasteiger charge is 2.39. The van der Waals surface area contributed by atoms with Crippen molar-refractivity contribution in [2.75, 3.05) is 32.8 Å². The summed E-state index contributed by atoms with van der Waals surface area (Å²) in [6.07, 6.45) is 9.52. The van der Waals surface area contributed by atoms with Crippen molar-refractivity contribution in [2.45, 2.75) is 64.0 Å². The van der Waals surface area contributed by atoms with Gasteiger partial charge in [-0.2, -0.15) is 5.10 Å². The Labute approximate surface area is 191 Å². The molecular formula is C26H36N4O2. The Bertz CT molecular complexity index is 898. The molecule has 0 bridgehead atoms. The molecule has 1 N–H and O–H groups in total. The van der Waals surface area contributed by atoms with Gasteiger partial charge in [0.15, 0.2) is 0 Å². The van der Waals surface area contributed by atoms with Gasteiger partial charge in [0.1, 0.15) is 0 Å². The number of benzene rings is 1. The number of nitrogens with zero attached hydrogens (tertiary/aromatic N) is 3. The van der Waals surface area contributed by atoms with E-state index in [0.29, 0.717) is 5.91 Å². The van der Waals surface area contributed by atoms with E-state index >= 15 is 0 Å². The van der Waals surface area contributed by atoms with Gasteiger partial charge in [-0.05, 0) is 70.5 Å². The van der Waals surface area contributed by atoms with Crippen LogP contribution in [0, 0.1) is 12.8 Å². The summed E-state index contributed by atoms with van der Waals surface area (Å²) >= 11 is 0. The van der Waals surface area contributed by atoms with Crippen molar-refractivity contribution < 1.29 is 9.53 Å². The zero-order valence-electron chi connectivity index (χ0n) is 19.3. The Morgan fingerprint density at radius 1 is 1.09 bits per heavy atom. The summed E-state index contributed by atoms with van der Waals surface area (Å²) in [6, 6.07) is 8.58. The molecule has 3 saturated heterocycles. The Kier molecular flexibility index (Phi) is 6.33. The number of hydrogen-bond acceptors (Lipinski definition) is 4. The van der Waals surface area contributed by atoms with Gasteiger partial charge < -0.3 is 9.64 Å². The first-order valence-corrected chi connectivity index (χ1v) is 12.4. The fraction of sp³-hybridized carbons (Fsp3) is 0.615. The molecule has 32 heavy (non-hydrogen) atoms. The number of rotatable bonds is 4. The van der Waals surface area contributed by atoms with Crippen molar-refractivity contribution in [3.63, 3.8) is 0 Å². The zero-order valence-corrected chi connectivity index (χ0v) is 19.3. The van der Waals surface area contributed by atoms with Crippen LogP contribution in [-0.4, -0.2) is 64.3 Å². The number of amides is 1. The first-order valence-electron chi connectivity index (χ1n) is 12.4. The molecule has 3 aliphatic rings. The molecule has 3 aliphatic heterocycles. The maximum Gasteiger partial charge on any atom is 0.225 e. The van der Waals surface area contributed by atoms with Gasteiger partial charge >= 0.3 is 0 Å². The lowest BCUT2D eigenvalue weighted by atomic mass is 9.84. The zero-order chi connectivity index (χ0) is 22.0. The Morgan fingerprint density at radius 3 is 2.53 bits per heavy atom. The summed E-state index contributed by atoms with van der Waals surface area (Å²) in [5.74, 6) is 0.549. The van der Waals surface area contributed by atoms with Gasteiger partial charge in [0.25, 0.3) is 0 Å². The number of H-pyrrole nitrogens is 1. The molecule has 0 atom stereocenters. The van der Waals surface area contributed by atoms with Crippen molar-refractivity contribution >= 4 is 5.91 Å². The first kappa shape index (κ1) is 21.7. The van der Waals surface area contributed by atoms with Gasteiger partial charge in [-0.3, -0.25) is 14.8 Å². The van der Waals surface area contributed by atoms with Gasteiger partial charge in [-0.1, -0.05) is 29.8 Å². The number of aromatic nitrogens is 2. The second-order valence-corrected chi connectivity index (χ2v) is 10.0. The quantitative estimate of drug-likeness (QED) is 0.782. The van der Waals surface area contributed by atoms with Crippen molar-refractivity contribution in [3.05, 3.63) is 41.6 Å². The molecule has 3 fully saturated rings. The Balaban J connectivity index is 1.12. The van der Waals surface area contributed by atoms with E-state index in [2.05, 4.69) is 51.2 Å². The lowest BCUT2D eigenvalue weighted by Gasteiger charge is -2.45. The largest absolute Gasteiger partial charge is 0.375 e. The molecule has 0 aliphatic carbocycles. The molecule has 0 unspecified atom stereocenters. The summed E-state index contributed by atoms with van der Waals surface area (Å²) < 4.78 is 6.14. The number of likely N-dealkylation sites (tertiary alicyclic amines) is 2. The van der Waals surface area contributed by atoms with Crippen LogP contribution in [0.5, 0.6) is 0 Å². The van der Waals surface area contributed by atoms with Crippen LogP contribution in [0.4, 0.5) is 0 Å². The minimum absolute atomic E-state index is 0.0676. The standard InChI is InChI=1S/C26H36N4O2/c1-20-4-6-21(7-5-20)24-23(18-27-28-24)19-29-13-8-22(9-14-29)25(31)30-15-11-26(12-16-30)10-2-3-17-32-26/h4-7,18,22H,2-3,8-17,19H2,1H3,(H,27,28). The number of piperidine rings is 2. The predicted octanol–water partition coefficient (Wildman–Crippen LogP) is 4.16. The molecule has 1 aromatic carbocycles. The third-order valence-corrected chi connectivity index (χ3v) is 7.81. The third kappa shape index (κ3) is 4.62. The van der Waals surface area contributed by atoms with E-state index < -0.39 is 0 Å². The summed E-state index contributed by atoms with van der Waals surface area (Å²) in [5, 5.41) is 7.48. The van der Waals surface area contributed by atoms with E-state index in [0.717, 1.165) is 70.7 Å². The Hall–Kier alpha value is -2.18. The van der Waals surface area contributed by atoms with Crippen LogP contribution < -0.4 is 0 Å². The molecule has 1 amide bonds. The second kappa shape index (κ2) is 9.36. The number of aromatic amines is 1. The van der Waals surface area contributed by atoms with Crippen LogP contribution in [0.1, 0.15) is 56.1 Å². The SMILES string of the molecule is Cc1ccc(-c2[nH]ncc2CN2CCC(C(=O)N3CCC4(CCCCO4)CC3)CC2)cc1. The molecule has 2 aromatic rings. The van der Waals surface area contributed by atoms with Crippen molar-refractivity contribution in [1.29, 1.82) is 0 Å². The van der Waals surface area contributed by atoms with E-state index in [1.807, 2.05) is 6.20 Å². The van der Waals surface area contributed by atoms with E-state index in [1.165, 1.54) is 36.0 Å². The van der Waals surface area contributed by atoms with Gasteiger partial charge in [0.2, 0.25) is 5.91 Å². The molecule has 1 aromatic heterocycles. The van der Waals surface area contributed by atoms with Crippen molar-refractivity contribution in [2.24, 2.45) is 5.92 Å². The highest BCUT2D eigenvalue weighted by Crippen LogP contribution is 2.35. The van der Waals surface area contributed by atoms with Crippen LogP contribution in [0.25, 0.3) is 11.3 Å². The lowest BCUT2D eigenvalue weighted by molar-refractivity contribution is -0.147. The summed E-state index contributed by atoms with van der Waals surface area (Å²) in [6.45, 7) is 7.56. The molecule has 172 valence electrons. The average molecular weight is 437 g/mol. The Morgan fingerprint density at radius 2 is 1.84 bits per heavy atom. The minimum atomic E-state index is 0.0676. The first-order chi connectivity index (χ1) is 15.6. The molecule has 0 saturated carbocycles. The van der Waals surface area contributed by atoms with E-state index in [4.69, 9.17) is 4.74 Å². The fourth-order valence-electron chi connectivity index (χ4n) is 5.68. The van der Waals surface area contributed by atoms with Crippen LogP contribution in [0.3, 0.4) is 0 Å². The smallest absolute Gasteiger partial charge is 0.225 e. The molecule has 6 heteroatoms. The lowest BCUT2D eigenvalue weighted by Crippen LogP contribution is -2.51. The van der Waals surface area contributed by atoms with Gasteiger partial charge in [-0.25, -0.2) is 0 Å². The highest BCUT2D eigenvalue weighted by molar-refractivity contribution is 5.79. The second-order valence-electron chi connectivity index (χ2n) is 10.0. The van der Waals surface area contributed by atoms with Crippen LogP contribution in [0.15, 0.2) is 30.5 Å². The normalized spacial score (nSPS) is 22.3. The van der Waals surface area contributed by atoms with Gasteiger partial charge in [0.05, 0.1) is 17.5 Å². The topological polar surface area (TPSA) is 61.5 Å². The number of hydrogen-bond donors (Lipinski definition) is 1. The molecule has 0 radical (unpaired) electrons. The average Bonchev–Trinajstić information content (AvgIpc) is 3.29. The minimum Gasteiger partial charge on any atom is -0.375 e. The number of carbonyl (C=O) groups is 1. The van der Waals surface area contributed by atoms with Gasteiger partial charge in [0, 0.05) is 37.7 Å². The monoisotopic (exact) mass is 436 g/mol. The molecule has 4 heterocycles. The van der Waals surface area contributed by atoms with E-state index in [-0.39, 0.29) is 11.5 Å². The highest BCUT2D eigenvalue weighted by atomic mass is 16.5. The van der Waals surface area contributed by atoms with Crippen molar-refractivity contribution in [1.82, 2.24) is 20.0 Å².